The third-order valence-corrected chi connectivity index (χ3v) is 5.72. The second-order valence-electron chi connectivity index (χ2n) is 5.92. The molecule has 1 heterocycles. The summed E-state index contributed by atoms with van der Waals surface area (Å²) in [7, 11) is 0. The van der Waals surface area contributed by atoms with E-state index >= 15 is 0 Å². The molecule has 2 aromatic carbocycles. The minimum atomic E-state index is -0.304. The van der Waals surface area contributed by atoms with Crippen LogP contribution in [0.15, 0.2) is 51.8 Å². The van der Waals surface area contributed by atoms with E-state index in [-0.39, 0.29) is 17.7 Å². The van der Waals surface area contributed by atoms with Gasteiger partial charge in [-0.2, -0.15) is 0 Å². The van der Waals surface area contributed by atoms with Gasteiger partial charge in [0.2, 0.25) is 0 Å². The zero-order valence-electron chi connectivity index (χ0n) is 15.6. The number of halogens is 1. The first-order valence-electron chi connectivity index (χ1n) is 8.92. The maximum Gasteiger partial charge on any atom is 0.293 e. The number of thioether (sulfide) groups is 1. The number of imide groups is 1. The molecule has 0 N–H and O–H groups in total. The molecule has 0 aromatic heterocycles. The van der Waals surface area contributed by atoms with Crippen molar-refractivity contribution in [2.45, 2.75) is 20.4 Å². The van der Waals surface area contributed by atoms with Crippen molar-refractivity contribution < 1.29 is 19.1 Å². The molecule has 2 amide bonds. The average Bonchev–Trinajstić information content (AvgIpc) is 2.93. The van der Waals surface area contributed by atoms with Crippen molar-refractivity contribution in [2.75, 3.05) is 13.2 Å². The summed E-state index contributed by atoms with van der Waals surface area (Å²) >= 11 is 4.40. The molecule has 1 aliphatic rings. The highest BCUT2D eigenvalue weighted by atomic mass is 79.9. The van der Waals surface area contributed by atoms with Crippen molar-refractivity contribution >= 4 is 44.9 Å². The molecule has 1 saturated heterocycles. The summed E-state index contributed by atoms with van der Waals surface area (Å²) in [6.07, 6.45) is 1.70. The highest BCUT2D eigenvalue weighted by Crippen LogP contribution is 2.36. The Kier molecular flexibility index (Phi) is 6.80. The lowest BCUT2D eigenvalue weighted by molar-refractivity contribution is -0.123. The molecule has 3 rings (SSSR count). The standard InChI is InChI=1S/C21H20BrNO4S/c1-3-26-16-10-9-14(18(12-16)27-4-2)11-19-20(24)23(21(25)28-19)13-15-7-5-6-8-17(15)22/h5-12H,3-4,13H2,1-2H3/b19-11-. The molecule has 146 valence electrons. The van der Waals surface area contributed by atoms with E-state index in [2.05, 4.69) is 15.9 Å². The fraction of sp³-hybridized carbons (Fsp3) is 0.238. The molecule has 1 fully saturated rings. The molecule has 0 atom stereocenters. The molecule has 7 heteroatoms. The minimum Gasteiger partial charge on any atom is -0.494 e. The van der Waals surface area contributed by atoms with Crippen LogP contribution >= 0.6 is 27.7 Å². The highest BCUT2D eigenvalue weighted by molar-refractivity contribution is 9.10. The van der Waals surface area contributed by atoms with Gasteiger partial charge in [-0.05, 0) is 55.4 Å². The molecular weight excluding hydrogens is 442 g/mol. The lowest BCUT2D eigenvalue weighted by atomic mass is 10.1. The van der Waals surface area contributed by atoms with Crippen molar-refractivity contribution in [3.8, 4) is 11.5 Å². The normalized spacial score (nSPS) is 15.4. The number of rotatable bonds is 7. The Hall–Kier alpha value is -2.25. The fourth-order valence-corrected chi connectivity index (χ4v) is 3.98. The number of benzene rings is 2. The topological polar surface area (TPSA) is 55.8 Å². The van der Waals surface area contributed by atoms with Gasteiger partial charge in [0.15, 0.2) is 0 Å². The quantitative estimate of drug-likeness (QED) is 0.510. The van der Waals surface area contributed by atoms with Crippen LogP contribution in [-0.4, -0.2) is 29.3 Å². The molecule has 0 spiro atoms. The Bertz CT molecular complexity index is 928. The summed E-state index contributed by atoms with van der Waals surface area (Å²) in [5.41, 5.74) is 1.61. The van der Waals surface area contributed by atoms with Gasteiger partial charge in [-0.15, -0.1) is 0 Å². The fourth-order valence-electron chi connectivity index (χ4n) is 2.75. The van der Waals surface area contributed by atoms with Crippen LogP contribution in [0, 0.1) is 0 Å². The molecule has 2 aromatic rings. The Labute approximate surface area is 176 Å². The number of nitrogens with zero attached hydrogens (tertiary/aromatic N) is 1. The van der Waals surface area contributed by atoms with E-state index < -0.39 is 0 Å². The van der Waals surface area contributed by atoms with E-state index in [1.165, 1.54) is 4.90 Å². The molecule has 0 radical (unpaired) electrons. The molecule has 0 bridgehead atoms. The Morgan fingerprint density at radius 3 is 2.54 bits per heavy atom. The first kappa shape index (κ1) is 20.5. The molecule has 5 nitrogen and oxygen atoms in total. The summed E-state index contributed by atoms with van der Waals surface area (Å²) < 4.78 is 12.1. The summed E-state index contributed by atoms with van der Waals surface area (Å²) in [6, 6.07) is 13.0. The molecule has 0 unspecified atom stereocenters. The third-order valence-electron chi connectivity index (χ3n) is 4.04. The van der Waals surface area contributed by atoms with Crippen molar-refractivity contribution in [3.05, 3.63) is 63.0 Å². The first-order chi connectivity index (χ1) is 13.5. The summed E-state index contributed by atoms with van der Waals surface area (Å²) in [5, 5.41) is -0.282. The maximum absolute atomic E-state index is 12.8. The van der Waals surface area contributed by atoms with Crippen molar-refractivity contribution in [1.82, 2.24) is 4.90 Å². The van der Waals surface area contributed by atoms with Gasteiger partial charge in [-0.25, -0.2) is 0 Å². The van der Waals surface area contributed by atoms with Crippen LogP contribution in [0.4, 0.5) is 4.79 Å². The van der Waals surface area contributed by atoms with Crippen LogP contribution in [-0.2, 0) is 11.3 Å². The van der Waals surface area contributed by atoms with Crippen LogP contribution in [0.25, 0.3) is 6.08 Å². The summed E-state index contributed by atoms with van der Waals surface area (Å²) in [4.78, 5) is 26.9. The van der Waals surface area contributed by atoms with Gasteiger partial charge in [0, 0.05) is 16.1 Å². The molecule has 0 saturated carbocycles. The lowest BCUT2D eigenvalue weighted by Gasteiger charge is -2.13. The largest absolute Gasteiger partial charge is 0.494 e. The smallest absolute Gasteiger partial charge is 0.293 e. The Morgan fingerprint density at radius 2 is 1.82 bits per heavy atom. The van der Waals surface area contributed by atoms with Gasteiger partial charge < -0.3 is 9.47 Å². The number of carbonyl (C=O) groups excluding carboxylic acids is 2. The van der Waals surface area contributed by atoms with Crippen LogP contribution in [0.1, 0.15) is 25.0 Å². The predicted molar refractivity (Wildman–Crippen MR) is 114 cm³/mol. The molecule has 0 aliphatic carbocycles. The van der Waals surface area contributed by atoms with Crippen LogP contribution in [0.3, 0.4) is 0 Å². The zero-order valence-corrected chi connectivity index (χ0v) is 18.0. The second kappa shape index (κ2) is 9.30. The molecule has 28 heavy (non-hydrogen) atoms. The van der Waals surface area contributed by atoms with E-state index in [1.807, 2.05) is 50.2 Å². The SMILES string of the molecule is CCOc1ccc(/C=C2\SC(=O)N(Cc3ccccc3Br)C2=O)c(OCC)c1. The molecule has 1 aliphatic heterocycles. The highest BCUT2D eigenvalue weighted by Gasteiger charge is 2.35. The number of hydrogen-bond donors (Lipinski definition) is 0. The number of amides is 2. The summed E-state index contributed by atoms with van der Waals surface area (Å²) in [6.45, 7) is 5.07. The monoisotopic (exact) mass is 461 g/mol. The van der Waals surface area contributed by atoms with E-state index in [9.17, 15) is 9.59 Å². The summed E-state index contributed by atoms with van der Waals surface area (Å²) in [5.74, 6) is 1.01. The minimum absolute atomic E-state index is 0.227. The van der Waals surface area contributed by atoms with Crippen LogP contribution in [0.5, 0.6) is 11.5 Å². The van der Waals surface area contributed by atoms with Crippen molar-refractivity contribution in [2.24, 2.45) is 0 Å². The predicted octanol–water partition coefficient (Wildman–Crippen LogP) is 5.48. The Balaban J connectivity index is 1.86. The average molecular weight is 462 g/mol. The number of carbonyl (C=O) groups is 2. The van der Waals surface area contributed by atoms with E-state index in [4.69, 9.17) is 9.47 Å². The zero-order chi connectivity index (χ0) is 20.1. The van der Waals surface area contributed by atoms with Gasteiger partial charge in [0.05, 0.1) is 24.7 Å². The van der Waals surface area contributed by atoms with Gasteiger partial charge in [0.1, 0.15) is 11.5 Å². The van der Waals surface area contributed by atoms with Gasteiger partial charge >= 0.3 is 0 Å². The van der Waals surface area contributed by atoms with Crippen LogP contribution < -0.4 is 9.47 Å². The van der Waals surface area contributed by atoms with Crippen molar-refractivity contribution in [3.63, 3.8) is 0 Å². The van der Waals surface area contributed by atoms with Gasteiger partial charge in [0.25, 0.3) is 11.1 Å². The van der Waals surface area contributed by atoms with E-state index in [0.717, 1.165) is 27.4 Å². The Morgan fingerprint density at radius 1 is 1.07 bits per heavy atom. The van der Waals surface area contributed by atoms with Crippen LogP contribution in [0.2, 0.25) is 0 Å². The third kappa shape index (κ3) is 4.59. The van der Waals surface area contributed by atoms with E-state index in [0.29, 0.717) is 29.6 Å². The van der Waals surface area contributed by atoms with E-state index in [1.54, 1.807) is 12.1 Å². The molecular formula is C21H20BrNO4S. The number of hydrogen-bond acceptors (Lipinski definition) is 5. The maximum atomic E-state index is 12.8. The van der Waals surface area contributed by atoms with Gasteiger partial charge in [-0.1, -0.05) is 34.1 Å². The second-order valence-corrected chi connectivity index (χ2v) is 7.77. The number of ether oxygens (including phenoxy) is 2. The van der Waals surface area contributed by atoms with Crippen molar-refractivity contribution in [1.29, 1.82) is 0 Å². The van der Waals surface area contributed by atoms with Gasteiger partial charge in [-0.3, -0.25) is 14.5 Å². The first-order valence-corrected chi connectivity index (χ1v) is 10.5. The lowest BCUT2D eigenvalue weighted by Crippen LogP contribution is -2.27.